The van der Waals surface area contributed by atoms with Gasteiger partial charge in [-0.25, -0.2) is 0 Å². The van der Waals surface area contributed by atoms with Crippen LogP contribution in [0.2, 0.25) is 0 Å². The molecule has 14 aromatic rings. The van der Waals surface area contributed by atoms with E-state index in [1.165, 1.54) is 120 Å². The Balaban J connectivity index is 0.908. The molecule has 2 heterocycles. The zero-order valence-corrected chi connectivity index (χ0v) is 42.2. The normalized spacial score (nSPS) is 12.8. The molecule has 0 fully saturated rings. The number of benzene rings is 12. The van der Waals surface area contributed by atoms with Gasteiger partial charge in [0.1, 0.15) is 0 Å². The Morgan fingerprint density at radius 2 is 0.855 bits per heavy atom. The lowest BCUT2D eigenvalue weighted by Gasteiger charge is -2.30. The molecule has 0 unspecified atom stereocenters. The quantitative estimate of drug-likeness (QED) is 0.154. The Morgan fingerprint density at radius 3 is 1.62 bits per heavy atom. The van der Waals surface area contributed by atoms with E-state index < -0.39 is 5.41 Å². The molecule has 0 saturated carbocycles. The largest absolute Gasteiger partial charge is 0.310 e. The number of hydrogen-bond acceptors (Lipinski definition) is 2. The molecule has 2 aromatic heterocycles. The van der Waals surface area contributed by atoms with Crippen LogP contribution in [0, 0.1) is 0 Å². The molecule has 76 heavy (non-hydrogen) atoms. The third kappa shape index (κ3) is 6.09. The summed E-state index contributed by atoms with van der Waals surface area (Å²) in [6, 6.07) is 104. The predicted molar refractivity (Wildman–Crippen MR) is 321 cm³/mol. The molecule has 0 aliphatic heterocycles. The van der Waals surface area contributed by atoms with E-state index in [1.54, 1.807) is 0 Å². The number of hydrogen-bond donors (Lipinski definition) is 0. The summed E-state index contributed by atoms with van der Waals surface area (Å²) < 4.78 is 5.10. The van der Waals surface area contributed by atoms with Crippen LogP contribution in [-0.4, -0.2) is 4.57 Å². The molecule has 2 aliphatic rings. The molecular formula is C73H46N2S. The van der Waals surface area contributed by atoms with Crippen molar-refractivity contribution >= 4 is 70.4 Å². The smallest absolute Gasteiger partial charge is 0.0725 e. The number of thiophene rings is 1. The van der Waals surface area contributed by atoms with E-state index in [1.807, 2.05) is 11.3 Å². The van der Waals surface area contributed by atoms with Gasteiger partial charge in [0.2, 0.25) is 0 Å². The van der Waals surface area contributed by atoms with Gasteiger partial charge in [0.15, 0.2) is 0 Å². The minimum absolute atomic E-state index is 0.406. The van der Waals surface area contributed by atoms with E-state index in [0.29, 0.717) is 0 Å². The highest BCUT2D eigenvalue weighted by Crippen LogP contribution is 2.64. The monoisotopic (exact) mass is 982 g/mol. The molecule has 0 saturated heterocycles. The predicted octanol–water partition coefficient (Wildman–Crippen LogP) is 20.0. The Kier molecular flexibility index (Phi) is 9.45. The van der Waals surface area contributed by atoms with Crippen LogP contribution in [0.5, 0.6) is 0 Å². The first-order chi connectivity index (χ1) is 37.7. The van der Waals surface area contributed by atoms with Crippen LogP contribution >= 0.6 is 11.3 Å². The van der Waals surface area contributed by atoms with E-state index in [2.05, 4.69) is 289 Å². The second kappa shape index (κ2) is 16.7. The molecule has 354 valence electrons. The van der Waals surface area contributed by atoms with Crippen LogP contribution in [-0.2, 0) is 5.41 Å². The molecule has 2 nitrogen and oxygen atoms in total. The summed E-state index contributed by atoms with van der Waals surface area (Å²) >= 11 is 1.91. The maximum absolute atomic E-state index is 2.53. The fourth-order valence-corrected chi connectivity index (χ4v) is 14.6. The number of para-hydroxylation sites is 2. The van der Waals surface area contributed by atoms with Gasteiger partial charge in [-0.05, 0) is 115 Å². The van der Waals surface area contributed by atoms with Gasteiger partial charge in [0.25, 0.3) is 0 Å². The Labute approximate surface area is 445 Å². The molecule has 12 aromatic carbocycles. The average molecular weight is 983 g/mol. The maximum Gasteiger partial charge on any atom is 0.0725 e. The molecule has 1 spiro atoms. The number of nitrogens with zero attached hydrogens (tertiary/aromatic N) is 2. The molecule has 16 rings (SSSR count). The third-order valence-electron chi connectivity index (χ3n) is 16.4. The van der Waals surface area contributed by atoms with Gasteiger partial charge in [-0.1, -0.05) is 231 Å². The van der Waals surface area contributed by atoms with Crippen molar-refractivity contribution in [1.82, 2.24) is 4.57 Å². The highest BCUT2D eigenvalue weighted by molar-refractivity contribution is 7.26. The number of aromatic nitrogens is 1. The summed E-state index contributed by atoms with van der Waals surface area (Å²) in [5, 5.41) is 4.98. The first kappa shape index (κ1) is 42.9. The Hall–Kier alpha value is -9.54. The highest BCUT2D eigenvalue weighted by atomic mass is 32.1. The van der Waals surface area contributed by atoms with Crippen LogP contribution in [0.25, 0.3) is 103 Å². The second-order valence-corrected chi connectivity index (χ2v) is 21.3. The summed E-state index contributed by atoms with van der Waals surface area (Å²) in [4.78, 5) is 2.44. The van der Waals surface area contributed by atoms with Gasteiger partial charge in [-0.15, -0.1) is 11.3 Å². The number of rotatable bonds is 7. The van der Waals surface area contributed by atoms with Gasteiger partial charge in [-0.3, -0.25) is 0 Å². The van der Waals surface area contributed by atoms with Crippen molar-refractivity contribution in [2.75, 3.05) is 4.90 Å². The SMILES string of the molecule is c1ccc(-c2ccc(N(c3ccc4c5ccccc5n(-c5cccc6sc7c(-c8cccc9c8-c8ccccc8C98c9ccccc9-c9ccccc98)cccc7c56)c4c3)c3ccccc3-c3ccccc3)cc2)cc1. The van der Waals surface area contributed by atoms with Gasteiger partial charge >= 0.3 is 0 Å². The summed E-state index contributed by atoms with van der Waals surface area (Å²) in [6.45, 7) is 0. The Morgan fingerprint density at radius 1 is 0.329 bits per heavy atom. The molecule has 0 atom stereocenters. The molecule has 2 aliphatic carbocycles. The van der Waals surface area contributed by atoms with Crippen LogP contribution in [0.1, 0.15) is 22.3 Å². The van der Waals surface area contributed by atoms with E-state index in [4.69, 9.17) is 0 Å². The van der Waals surface area contributed by atoms with E-state index in [-0.39, 0.29) is 0 Å². The van der Waals surface area contributed by atoms with Crippen LogP contribution < -0.4 is 4.90 Å². The summed E-state index contributed by atoms with van der Waals surface area (Å²) in [7, 11) is 0. The molecule has 0 bridgehead atoms. The summed E-state index contributed by atoms with van der Waals surface area (Å²) in [5.74, 6) is 0. The average Bonchev–Trinajstić information content (AvgIpc) is 4.40. The molecule has 0 amide bonds. The molecular weight excluding hydrogens is 937 g/mol. The number of anilines is 3. The second-order valence-electron chi connectivity index (χ2n) is 20.2. The molecule has 0 N–H and O–H groups in total. The van der Waals surface area contributed by atoms with Crippen molar-refractivity contribution in [2.45, 2.75) is 5.41 Å². The number of fused-ring (bicyclic) bond motifs is 16. The van der Waals surface area contributed by atoms with Crippen molar-refractivity contribution in [1.29, 1.82) is 0 Å². The van der Waals surface area contributed by atoms with E-state index in [0.717, 1.165) is 22.6 Å². The zero-order valence-electron chi connectivity index (χ0n) is 41.4. The van der Waals surface area contributed by atoms with Gasteiger partial charge in [0.05, 0.1) is 27.8 Å². The van der Waals surface area contributed by atoms with Crippen molar-refractivity contribution in [3.63, 3.8) is 0 Å². The van der Waals surface area contributed by atoms with Crippen LogP contribution in [0.15, 0.2) is 279 Å². The fourth-order valence-electron chi connectivity index (χ4n) is 13.3. The minimum Gasteiger partial charge on any atom is -0.310 e. The van der Waals surface area contributed by atoms with Crippen molar-refractivity contribution in [2.24, 2.45) is 0 Å². The van der Waals surface area contributed by atoms with E-state index in [9.17, 15) is 0 Å². The van der Waals surface area contributed by atoms with Crippen LogP contribution in [0.4, 0.5) is 17.1 Å². The lowest BCUT2D eigenvalue weighted by atomic mass is 9.70. The van der Waals surface area contributed by atoms with E-state index >= 15 is 0 Å². The van der Waals surface area contributed by atoms with Crippen molar-refractivity contribution in [3.8, 4) is 61.3 Å². The van der Waals surface area contributed by atoms with Crippen LogP contribution in [0.3, 0.4) is 0 Å². The molecule has 3 heteroatoms. The highest BCUT2D eigenvalue weighted by Gasteiger charge is 2.52. The van der Waals surface area contributed by atoms with Gasteiger partial charge in [0, 0.05) is 53.4 Å². The third-order valence-corrected chi connectivity index (χ3v) is 17.6. The standard InChI is InChI=1S/C73H46N2S/c1-3-20-47(21-4-1)48-40-42-50(43-41-48)74(65-36-15-10-24-52(65)49-22-5-2-6-23-49)51-44-45-56-55-27-11-16-37-66(55)75(68(56)46-51)67-38-19-39-69-71(67)60-31-17-30-58(72(60)76-69)57-29-18-35-64-70(57)59-28-9-14-34-63(59)73(64)61-32-12-7-25-53(61)54-26-8-13-33-62(54)73/h1-46H. The maximum atomic E-state index is 2.53. The van der Waals surface area contributed by atoms with Gasteiger partial charge in [-0.2, -0.15) is 0 Å². The zero-order chi connectivity index (χ0) is 49.9. The molecule has 0 radical (unpaired) electrons. The first-order valence-electron chi connectivity index (χ1n) is 26.2. The fraction of sp³-hybridized carbons (Fsp3) is 0.0137. The summed E-state index contributed by atoms with van der Waals surface area (Å²) in [6.07, 6.45) is 0. The van der Waals surface area contributed by atoms with Crippen molar-refractivity contribution < 1.29 is 0 Å². The summed E-state index contributed by atoms with van der Waals surface area (Å²) in [5.41, 5.74) is 24.4. The lowest BCUT2D eigenvalue weighted by Crippen LogP contribution is -2.25. The topological polar surface area (TPSA) is 8.17 Å². The Bertz CT molecular complexity index is 4590. The first-order valence-corrected chi connectivity index (χ1v) is 27.1. The van der Waals surface area contributed by atoms with Crippen molar-refractivity contribution in [3.05, 3.63) is 301 Å². The lowest BCUT2D eigenvalue weighted by molar-refractivity contribution is 0.794. The van der Waals surface area contributed by atoms with Gasteiger partial charge < -0.3 is 9.47 Å². The minimum atomic E-state index is -0.406.